The number of aliphatic hydroxyl groups excluding tert-OH is 1. The van der Waals surface area contributed by atoms with Crippen LogP contribution in [0.2, 0.25) is 36.3 Å². The maximum absolute atomic E-state index is 16.4. The fraction of sp³-hybridized carbons (Fsp3) is 0.700. The van der Waals surface area contributed by atoms with Gasteiger partial charge in [0.05, 0.1) is 6.61 Å². The first kappa shape index (κ1) is 32.9. The summed E-state index contributed by atoms with van der Waals surface area (Å²) >= 11 is 0. The Morgan fingerprint density at radius 2 is 1.52 bits per heavy atom. The van der Waals surface area contributed by atoms with Crippen molar-refractivity contribution >= 4 is 22.5 Å². The third-order valence-electron chi connectivity index (χ3n) is 9.00. The third-order valence-corrected chi connectivity index (χ3v) is 18.0. The number of hydrogen-bond acceptors (Lipinski definition) is 7. The SMILES string of the molecule is CC1=CN([C@H]2O[C@@H](CO[Si](C)(C)C(C)(C)C)C(O[Si](C)(C)C(C)(C)C)C2F)C(O)N=C1Oc1c(C)cccc1C. The Bertz CT molecular complexity index is 1110. The number of ether oxygens (including phenoxy) is 2. The zero-order valence-corrected chi connectivity index (χ0v) is 28.8. The Hall–Kier alpha value is -1.57. The molecule has 2 heterocycles. The van der Waals surface area contributed by atoms with Crippen molar-refractivity contribution < 1.29 is 27.8 Å². The number of alkyl halides is 1. The lowest BCUT2D eigenvalue weighted by atomic mass is 10.1. The van der Waals surface area contributed by atoms with Gasteiger partial charge in [-0.2, -0.15) is 4.99 Å². The summed E-state index contributed by atoms with van der Waals surface area (Å²) in [4.78, 5) is 5.81. The highest BCUT2D eigenvalue weighted by Crippen LogP contribution is 2.42. The molecule has 0 radical (unpaired) electrons. The summed E-state index contributed by atoms with van der Waals surface area (Å²) in [5.74, 6) is 0.988. The topological polar surface area (TPSA) is 72.8 Å². The fourth-order valence-corrected chi connectivity index (χ4v) is 6.55. The highest BCUT2D eigenvalue weighted by Gasteiger charge is 2.54. The van der Waals surface area contributed by atoms with Gasteiger partial charge in [0.25, 0.3) is 0 Å². The predicted molar refractivity (Wildman–Crippen MR) is 164 cm³/mol. The molecule has 40 heavy (non-hydrogen) atoms. The molecule has 0 amide bonds. The Morgan fingerprint density at radius 1 is 0.975 bits per heavy atom. The largest absolute Gasteiger partial charge is 0.438 e. The van der Waals surface area contributed by atoms with Gasteiger partial charge in [0, 0.05) is 11.8 Å². The molecule has 2 aliphatic rings. The molecule has 2 aliphatic heterocycles. The molecule has 0 spiro atoms. The molecule has 226 valence electrons. The van der Waals surface area contributed by atoms with Crippen molar-refractivity contribution in [3.05, 3.63) is 41.1 Å². The molecule has 1 saturated heterocycles. The van der Waals surface area contributed by atoms with E-state index in [0.29, 0.717) is 17.2 Å². The Balaban J connectivity index is 1.87. The van der Waals surface area contributed by atoms with Crippen molar-refractivity contribution in [2.75, 3.05) is 6.61 Å². The number of aliphatic hydroxyl groups is 1. The normalized spacial score (nSPS) is 26.6. The highest BCUT2D eigenvalue weighted by atomic mass is 28.4. The van der Waals surface area contributed by atoms with Gasteiger partial charge < -0.3 is 28.3 Å². The van der Waals surface area contributed by atoms with Crippen molar-refractivity contribution in [1.29, 1.82) is 0 Å². The van der Waals surface area contributed by atoms with Gasteiger partial charge in [0.2, 0.25) is 12.2 Å². The zero-order valence-electron chi connectivity index (χ0n) is 26.8. The van der Waals surface area contributed by atoms with Crippen LogP contribution in [-0.2, 0) is 13.6 Å². The number of nitrogens with zero attached hydrogens (tertiary/aromatic N) is 2. The average Bonchev–Trinajstić information content (AvgIpc) is 3.10. The minimum absolute atomic E-state index is 0.000598. The summed E-state index contributed by atoms with van der Waals surface area (Å²) in [6.45, 7) is 27.5. The molecule has 10 heteroatoms. The highest BCUT2D eigenvalue weighted by molar-refractivity contribution is 6.74. The van der Waals surface area contributed by atoms with Crippen molar-refractivity contribution in [2.24, 2.45) is 4.99 Å². The molecule has 1 N–H and O–H groups in total. The van der Waals surface area contributed by atoms with Crippen LogP contribution in [0.4, 0.5) is 4.39 Å². The van der Waals surface area contributed by atoms with Gasteiger partial charge in [0.1, 0.15) is 18.0 Å². The standard InChI is InChI=1S/C30H51FN2O5Si2/c1-19-15-14-16-20(2)24(19)37-26-21(3)17-33(28(34)32-26)27-23(31)25(38-40(12,13)30(7,8)9)22(36-27)18-35-39(10,11)29(4,5)6/h14-17,22-23,25,27-28,34H,18H2,1-13H3/t22-,23?,25?,27-,28?/m0/s1. The Morgan fingerprint density at radius 3 is 2.05 bits per heavy atom. The van der Waals surface area contributed by atoms with Crippen LogP contribution < -0.4 is 4.74 Å². The van der Waals surface area contributed by atoms with E-state index in [2.05, 4.69) is 72.7 Å². The summed E-state index contributed by atoms with van der Waals surface area (Å²) in [6.07, 6.45) is -3.76. The van der Waals surface area contributed by atoms with Crippen LogP contribution in [0.15, 0.2) is 35.0 Å². The monoisotopic (exact) mass is 594 g/mol. The second-order valence-electron chi connectivity index (χ2n) is 14.3. The van der Waals surface area contributed by atoms with E-state index in [9.17, 15) is 5.11 Å². The maximum atomic E-state index is 16.4. The number of aliphatic imine (C=N–C) groups is 1. The van der Waals surface area contributed by atoms with E-state index in [-0.39, 0.29) is 16.7 Å². The molecule has 0 aromatic heterocycles. The summed E-state index contributed by atoms with van der Waals surface area (Å²) < 4.78 is 41.9. The van der Waals surface area contributed by atoms with Gasteiger partial charge in [-0.25, -0.2) is 4.39 Å². The smallest absolute Gasteiger partial charge is 0.230 e. The molecule has 0 bridgehead atoms. The summed E-state index contributed by atoms with van der Waals surface area (Å²) in [5.41, 5.74) is 2.59. The summed E-state index contributed by atoms with van der Waals surface area (Å²) in [7, 11) is -4.47. The van der Waals surface area contributed by atoms with Crippen LogP contribution in [0.1, 0.15) is 59.6 Å². The molecule has 5 atom stereocenters. The van der Waals surface area contributed by atoms with Gasteiger partial charge in [0.15, 0.2) is 29.0 Å². The molecule has 0 aliphatic carbocycles. The van der Waals surface area contributed by atoms with Crippen molar-refractivity contribution in [3.8, 4) is 5.75 Å². The lowest BCUT2D eigenvalue weighted by molar-refractivity contribution is -0.120. The van der Waals surface area contributed by atoms with Gasteiger partial charge >= 0.3 is 0 Å². The zero-order chi connectivity index (χ0) is 30.4. The Labute approximate surface area is 243 Å². The van der Waals surface area contributed by atoms with Crippen molar-refractivity contribution in [3.63, 3.8) is 0 Å². The Kier molecular flexibility index (Phi) is 9.56. The molecule has 3 unspecified atom stereocenters. The number of benzene rings is 1. The van der Waals surface area contributed by atoms with Crippen LogP contribution in [0.25, 0.3) is 0 Å². The number of aryl methyl sites for hydroxylation is 2. The quantitative estimate of drug-likeness (QED) is 0.341. The van der Waals surface area contributed by atoms with Crippen LogP contribution in [0.3, 0.4) is 0 Å². The van der Waals surface area contributed by atoms with Crippen LogP contribution in [0, 0.1) is 13.8 Å². The summed E-state index contributed by atoms with van der Waals surface area (Å²) in [6, 6.07) is 5.88. The van der Waals surface area contributed by atoms with Crippen molar-refractivity contribution in [1.82, 2.24) is 4.90 Å². The van der Waals surface area contributed by atoms with E-state index in [1.807, 2.05) is 39.0 Å². The number of para-hydroxylation sites is 1. The van der Waals surface area contributed by atoms with Crippen LogP contribution >= 0.6 is 0 Å². The minimum atomic E-state index is -2.35. The third kappa shape index (κ3) is 6.90. The van der Waals surface area contributed by atoms with Gasteiger partial charge in [-0.15, -0.1) is 0 Å². The van der Waals surface area contributed by atoms with Gasteiger partial charge in [-0.1, -0.05) is 59.7 Å². The molecule has 1 fully saturated rings. The molecule has 1 aromatic rings. The van der Waals surface area contributed by atoms with Gasteiger partial charge in [-0.05, 0) is 68.2 Å². The lowest BCUT2D eigenvalue weighted by Gasteiger charge is -2.41. The first-order valence-electron chi connectivity index (χ1n) is 14.2. The molecule has 0 saturated carbocycles. The minimum Gasteiger partial charge on any atom is -0.438 e. The van der Waals surface area contributed by atoms with E-state index in [1.165, 1.54) is 4.90 Å². The van der Waals surface area contributed by atoms with E-state index in [4.69, 9.17) is 18.3 Å². The maximum Gasteiger partial charge on any atom is 0.230 e. The van der Waals surface area contributed by atoms with Gasteiger partial charge in [-0.3, -0.25) is 0 Å². The second-order valence-corrected chi connectivity index (χ2v) is 23.9. The molecule has 1 aromatic carbocycles. The average molecular weight is 595 g/mol. The number of rotatable bonds is 7. The molecular weight excluding hydrogens is 544 g/mol. The molecule has 3 rings (SSSR count). The van der Waals surface area contributed by atoms with E-state index >= 15 is 4.39 Å². The first-order valence-corrected chi connectivity index (χ1v) is 20.1. The molecule has 7 nitrogen and oxygen atoms in total. The van der Waals surface area contributed by atoms with Crippen LogP contribution in [0.5, 0.6) is 5.75 Å². The van der Waals surface area contributed by atoms with E-state index < -0.39 is 47.6 Å². The van der Waals surface area contributed by atoms with Crippen molar-refractivity contribution in [2.45, 2.75) is 130 Å². The van der Waals surface area contributed by atoms with E-state index in [0.717, 1.165) is 11.1 Å². The van der Waals surface area contributed by atoms with Crippen LogP contribution in [-0.4, -0.2) is 70.1 Å². The number of halogens is 1. The predicted octanol–water partition coefficient (Wildman–Crippen LogP) is 7.05. The van der Waals surface area contributed by atoms with E-state index in [1.54, 1.807) is 6.20 Å². The second kappa shape index (κ2) is 11.6. The lowest BCUT2D eigenvalue weighted by Crippen LogP contribution is -2.51. The fourth-order valence-electron chi connectivity index (χ4n) is 4.22. The molecular formula is C30H51FN2O5Si2. The number of hydrogen-bond donors (Lipinski definition) is 1. The summed E-state index contributed by atoms with van der Waals surface area (Å²) in [5, 5.41) is 11.0. The first-order chi connectivity index (χ1) is 18.2.